The number of carbonyl (C=O) groups is 1. The van der Waals surface area contributed by atoms with Crippen LogP contribution in [0.4, 0.5) is 15.8 Å². The summed E-state index contributed by atoms with van der Waals surface area (Å²) in [6.07, 6.45) is 1.62. The van der Waals surface area contributed by atoms with Crippen molar-refractivity contribution in [2.24, 2.45) is 7.05 Å². The number of nitrogens with zero attached hydrogens (tertiary/aromatic N) is 2. The van der Waals surface area contributed by atoms with Crippen LogP contribution < -0.4 is 10.0 Å². The Labute approximate surface area is 173 Å². The van der Waals surface area contributed by atoms with Gasteiger partial charge in [-0.05, 0) is 66.9 Å². The van der Waals surface area contributed by atoms with Gasteiger partial charge in [0.1, 0.15) is 11.5 Å². The van der Waals surface area contributed by atoms with Crippen molar-refractivity contribution in [2.75, 3.05) is 10.0 Å². The van der Waals surface area contributed by atoms with E-state index in [1.165, 1.54) is 16.8 Å². The molecule has 3 aromatic rings. The van der Waals surface area contributed by atoms with E-state index in [-0.39, 0.29) is 11.7 Å². The summed E-state index contributed by atoms with van der Waals surface area (Å²) in [7, 11) is 1.70. The number of nitrogens with one attached hydrogen (secondary N) is 2. The minimum absolute atomic E-state index is 0.296. The van der Waals surface area contributed by atoms with Gasteiger partial charge in [0.15, 0.2) is 0 Å². The number of halogens is 2. The lowest BCUT2D eigenvalue weighted by atomic mass is 10.2. The highest BCUT2D eigenvalue weighted by Gasteiger charge is 2.15. The molecule has 28 heavy (non-hydrogen) atoms. The van der Waals surface area contributed by atoms with Gasteiger partial charge in [0.05, 0.1) is 11.1 Å². The van der Waals surface area contributed by atoms with E-state index >= 15 is 0 Å². The first-order valence-corrected chi connectivity index (χ1v) is 9.91. The van der Waals surface area contributed by atoms with E-state index in [1.54, 1.807) is 43.6 Å². The summed E-state index contributed by atoms with van der Waals surface area (Å²) in [5.41, 5.74) is 2.52. The number of carbonyl (C=O) groups excluding carboxylic acids is 1. The molecular weight excluding hydrogens is 399 g/mol. The number of amides is 1. The molecule has 0 atom stereocenters. The molecule has 0 saturated carbocycles. The van der Waals surface area contributed by atoms with E-state index in [9.17, 15) is 9.18 Å². The van der Waals surface area contributed by atoms with E-state index in [0.29, 0.717) is 21.3 Å². The topological polar surface area (TPSA) is 59.0 Å². The van der Waals surface area contributed by atoms with Crippen LogP contribution in [0.3, 0.4) is 0 Å². The molecule has 3 rings (SSSR count). The number of rotatable bonds is 5. The van der Waals surface area contributed by atoms with Crippen LogP contribution in [0.5, 0.6) is 0 Å². The molecule has 0 aliphatic carbocycles. The zero-order chi connectivity index (χ0) is 20.7. The third kappa shape index (κ3) is 5.50. The van der Waals surface area contributed by atoms with Gasteiger partial charge in [-0.2, -0.15) is 5.10 Å². The second kappa shape index (κ2) is 10.1. The van der Waals surface area contributed by atoms with E-state index in [0.717, 1.165) is 23.2 Å². The predicted octanol–water partition coefficient (Wildman–Crippen LogP) is 5.92. The van der Waals surface area contributed by atoms with Gasteiger partial charge in [-0.1, -0.05) is 25.4 Å². The molecule has 0 bridgehead atoms. The molecule has 148 valence electrons. The molecule has 1 heterocycles. The molecule has 0 radical (unpaired) electrons. The Kier molecular flexibility index (Phi) is 7.90. The van der Waals surface area contributed by atoms with Gasteiger partial charge in [0.25, 0.3) is 5.91 Å². The van der Waals surface area contributed by atoms with Gasteiger partial charge in [0, 0.05) is 23.4 Å². The average molecular weight is 421 g/mol. The van der Waals surface area contributed by atoms with Gasteiger partial charge >= 0.3 is 0 Å². The summed E-state index contributed by atoms with van der Waals surface area (Å²) in [6, 6.07) is 11.5. The molecule has 0 saturated heterocycles. The van der Waals surface area contributed by atoms with Crippen LogP contribution in [0.15, 0.2) is 53.6 Å². The van der Waals surface area contributed by atoms with E-state index in [4.69, 9.17) is 11.6 Å². The van der Waals surface area contributed by atoms with E-state index in [1.807, 2.05) is 20.8 Å². The molecule has 0 unspecified atom stereocenters. The highest BCUT2D eigenvalue weighted by Crippen LogP contribution is 2.27. The first-order valence-electron chi connectivity index (χ1n) is 8.72. The molecule has 8 heteroatoms. The maximum Gasteiger partial charge on any atom is 0.274 e. The fraction of sp³-hybridized carbons (Fsp3) is 0.200. The van der Waals surface area contributed by atoms with Crippen LogP contribution in [0.2, 0.25) is 5.02 Å². The van der Waals surface area contributed by atoms with Crippen molar-refractivity contribution in [3.05, 3.63) is 70.8 Å². The lowest BCUT2D eigenvalue weighted by molar-refractivity contribution is 0.101. The lowest BCUT2D eigenvalue weighted by Gasteiger charge is -2.10. The van der Waals surface area contributed by atoms with Crippen LogP contribution in [-0.4, -0.2) is 15.7 Å². The van der Waals surface area contributed by atoms with Crippen LogP contribution >= 0.6 is 23.5 Å². The monoisotopic (exact) mass is 420 g/mol. The van der Waals surface area contributed by atoms with Crippen molar-refractivity contribution in [1.29, 1.82) is 0 Å². The van der Waals surface area contributed by atoms with Gasteiger partial charge in [-0.25, -0.2) is 4.39 Å². The smallest absolute Gasteiger partial charge is 0.274 e. The Balaban J connectivity index is 0.00000136. The van der Waals surface area contributed by atoms with Crippen LogP contribution in [0, 0.1) is 12.7 Å². The minimum atomic E-state index is -0.383. The van der Waals surface area contributed by atoms with Crippen molar-refractivity contribution < 1.29 is 9.18 Å². The molecule has 1 aromatic heterocycles. The minimum Gasteiger partial charge on any atom is -0.326 e. The third-order valence-corrected chi connectivity index (χ3v) is 4.77. The second-order valence-corrected chi connectivity index (χ2v) is 6.89. The summed E-state index contributed by atoms with van der Waals surface area (Å²) >= 11 is 6.96. The summed E-state index contributed by atoms with van der Waals surface area (Å²) in [5.74, 6) is -0.679. The number of hydrogen-bond donors (Lipinski definition) is 2. The summed E-state index contributed by atoms with van der Waals surface area (Å²) in [6.45, 7) is 5.81. The Morgan fingerprint density at radius 2 is 1.79 bits per heavy atom. The fourth-order valence-electron chi connectivity index (χ4n) is 2.35. The Bertz CT molecular complexity index is 924. The quantitative estimate of drug-likeness (QED) is 0.503. The molecule has 0 aliphatic heterocycles. The first kappa shape index (κ1) is 21.8. The van der Waals surface area contributed by atoms with Gasteiger partial charge < -0.3 is 10.0 Å². The number of aryl methyl sites for hydroxylation is 2. The highest BCUT2D eigenvalue weighted by atomic mass is 35.5. The highest BCUT2D eigenvalue weighted by molar-refractivity contribution is 8.00. The molecule has 2 aromatic carbocycles. The number of benzene rings is 2. The third-order valence-electron chi connectivity index (χ3n) is 3.65. The maximum absolute atomic E-state index is 14.1. The first-order chi connectivity index (χ1) is 13.4. The van der Waals surface area contributed by atoms with Gasteiger partial charge in [-0.15, -0.1) is 0 Å². The van der Waals surface area contributed by atoms with E-state index < -0.39 is 0 Å². The summed E-state index contributed by atoms with van der Waals surface area (Å²) < 4.78 is 18.6. The van der Waals surface area contributed by atoms with Crippen molar-refractivity contribution in [2.45, 2.75) is 25.7 Å². The molecular formula is C20H22ClFN4OS. The lowest BCUT2D eigenvalue weighted by Crippen LogP contribution is -2.17. The Morgan fingerprint density at radius 3 is 2.39 bits per heavy atom. The van der Waals surface area contributed by atoms with Gasteiger partial charge in [-0.3, -0.25) is 9.48 Å². The van der Waals surface area contributed by atoms with Crippen molar-refractivity contribution in [1.82, 2.24) is 9.78 Å². The second-order valence-electron chi connectivity index (χ2n) is 5.61. The Morgan fingerprint density at radius 1 is 1.14 bits per heavy atom. The molecule has 0 fully saturated rings. The number of hydrogen-bond acceptors (Lipinski definition) is 4. The van der Waals surface area contributed by atoms with Crippen LogP contribution in [-0.2, 0) is 7.05 Å². The van der Waals surface area contributed by atoms with Gasteiger partial charge in [0.2, 0.25) is 0 Å². The zero-order valence-corrected chi connectivity index (χ0v) is 17.7. The number of anilines is 2. The zero-order valence-electron chi connectivity index (χ0n) is 16.1. The summed E-state index contributed by atoms with van der Waals surface area (Å²) in [5, 5.41) is 7.45. The van der Waals surface area contributed by atoms with Crippen molar-refractivity contribution in [3.63, 3.8) is 0 Å². The normalized spacial score (nSPS) is 10.1. The average Bonchev–Trinajstić information content (AvgIpc) is 3.03. The SMILES string of the molecule is CC.Cc1cnn(C)c1C(=O)Nc1ccc(F)c(SNc2ccc(Cl)cc2)c1. The van der Waals surface area contributed by atoms with Crippen molar-refractivity contribution >= 4 is 40.8 Å². The van der Waals surface area contributed by atoms with Crippen molar-refractivity contribution in [3.8, 4) is 0 Å². The van der Waals surface area contributed by atoms with E-state index in [2.05, 4.69) is 15.1 Å². The molecule has 0 aliphatic rings. The Hall–Kier alpha value is -2.51. The molecule has 1 amide bonds. The predicted molar refractivity (Wildman–Crippen MR) is 115 cm³/mol. The molecule has 5 nitrogen and oxygen atoms in total. The summed E-state index contributed by atoms with van der Waals surface area (Å²) in [4.78, 5) is 12.8. The largest absolute Gasteiger partial charge is 0.326 e. The fourth-order valence-corrected chi connectivity index (χ4v) is 3.20. The molecule has 0 spiro atoms. The van der Waals surface area contributed by atoms with Crippen LogP contribution in [0.25, 0.3) is 0 Å². The standard InChI is InChI=1S/C18H16ClFN4OS.C2H6/c1-11-10-21-24(2)17(11)18(25)22-14-7-8-15(20)16(9-14)26-23-13-5-3-12(19)4-6-13;1-2/h3-10,23H,1-2H3,(H,22,25);1-2H3. The van der Waals surface area contributed by atoms with Crippen LogP contribution in [0.1, 0.15) is 29.9 Å². The molecule has 2 N–H and O–H groups in total. The number of aromatic nitrogens is 2. The maximum atomic E-state index is 14.1.